The van der Waals surface area contributed by atoms with E-state index < -0.39 is 11.6 Å². The van der Waals surface area contributed by atoms with Gasteiger partial charge < -0.3 is 3.07 Å². The van der Waals surface area contributed by atoms with E-state index in [1.807, 2.05) is 0 Å². The lowest BCUT2D eigenvalue weighted by Crippen LogP contribution is -1.97. The zero-order valence-electron chi connectivity index (χ0n) is 14.4. The Labute approximate surface area is 172 Å². The van der Waals surface area contributed by atoms with Gasteiger partial charge in [-0.05, 0) is 31.2 Å². The van der Waals surface area contributed by atoms with Crippen molar-refractivity contribution in [1.29, 1.82) is 5.26 Å². The van der Waals surface area contributed by atoms with E-state index in [2.05, 4.69) is 16.2 Å². The summed E-state index contributed by atoms with van der Waals surface area (Å²) in [6.07, 6.45) is 0. The highest BCUT2D eigenvalue weighted by molar-refractivity contribution is 14.1. The smallest absolute Gasteiger partial charge is 0.229 e. The fourth-order valence-corrected chi connectivity index (χ4v) is 3.34. The highest BCUT2D eigenvalue weighted by atomic mass is 127. The van der Waals surface area contributed by atoms with Crippen LogP contribution < -0.4 is 3.07 Å². The molecular weight excluding hydrogens is 477 g/mol. The van der Waals surface area contributed by atoms with Gasteiger partial charge in [0.15, 0.2) is 28.7 Å². The average Bonchev–Trinajstić information content (AvgIpc) is 3.03. The standard InChI is InChI=1S/C20H11F2IN4O/c1-11-19(15-7-6-14(21)8-16(15)22)20-25-17(9-18(28-23)27(20)26-11)13-4-2-12(10-24)3-5-13/h2-9H,1H3. The topological polar surface area (TPSA) is 63.2 Å². The number of benzene rings is 2. The summed E-state index contributed by atoms with van der Waals surface area (Å²) in [6.45, 7) is 1.73. The molecule has 0 fully saturated rings. The molecule has 0 aliphatic heterocycles. The van der Waals surface area contributed by atoms with Gasteiger partial charge in [0, 0.05) is 23.3 Å². The molecule has 0 atom stereocenters. The molecule has 0 radical (unpaired) electrons. The second-order valence-electron chi connectivity index (χ2n) is 6.07. The maximum atomic E-state index is 14.4. The average molecular weight is 488 g/mol. The van der Waals surface area contributed by atoms with E-state index in [9.17, 15) is 8.78 Å². The van der Waals surface area contributed by atoms with Gasteiger partial charge >= 0.3 is 0 Å². The van der Waals surface area contributed by atoms with Gasteiger partial charge in [-0.25, -0.2) is 13.8 Å². The zero-order valence-corrected chi connectivity index (χ0v) is 16.6. The van der Waals surface area contributed by atoms with Crippen molar-refractivity contribution in [2.24, 2.45) is 0 Å². The van der Waals surface area contributed by atoms with Crippen LogP contribution in [0.3, 0.4) is 0 Å². The zero-order chi connectivity index (χ0) is 19.8. The normalized spacial score (nSPS) is 10.8. The second kappa shape index (κ2) is 7.16. The Bertz CT molecular complexity index is 1250. The fourth-order valence-electron chi connectivity index (χ4n) is 3.02. The van der Waals surface area contributed by atoms with Crippen molar-refractivity contribution in [3.63, 3.8) is 0 Å². The van der Waals surface area contributed by atoms with E-state index in [0.29, 0.717) is 34.0 Å². The van der Waals surface area contributed by atoms with Crippen LogP contribution in [0.4, 0.5) is 8.78 Å². The van der Waals surface area contributed by atoms with Gasteiger partial charge in [-0.3, -0.25) is 0 Å². The van der Waals surface area contributed by atoms with E-state index in [4.69, 9.17) is 8.33 Å². The van der Waals surface area contributed by atoms with Crippen LogP contribution >= 0.6 is 23.0 Å². The number of hydrogen-bond acceptors (Lipinski definition) is 4. The fraction of sp³-hybridized carbons (Fsp3) is 0.0500. The lowest BCUT2D eigenvalue weighted by molar-refractivity contribution is 0.585. The van der Waals surface area contributed by atoms with Gasteiger partial charge in [0.2, 0.25) is 5.88 Å². The van der Waals surface area contributed by atoms with Crippen LogP contribution in [0.5, 0.6) is 5.88 Å². The van der Waals surface area contributed by atoms with Crippen molar-refractivity contribution in [2.75, 3.05) is 0 Å². The summed E-state index contributed by atoms with van der Waals surface area (Å²) in [5.74, 6) is -0.944. The number of hydrogen-bond donors (Lipinski definition) is 0. The number of fused-ring (bicyclic) bond motifs is 1. The van der Waals surface area contributed by atoms with Crippen molar-refractivity contribution in [2.45, 2.75) is 6.92 Å². The first kappa shape index (κ1) is 18.3. The SMILES string of the molecule is Cc1nn2c(OI)cc(-c3ccc(C#N)cc3)nc2c1-c1ccc(F)cc1F. The predicted molar refractivity (Wildman–Crippen MR) is 108 cm³/mol. The molecule has 0 amide bonds. The number of nitriles is 1. The van der Waals surface area contributed by atoms with Gasteiger partial charge in [-0.1, -0.05) is 12.1 Å². The molecule has 0 aliphatic rings. The molecule has 8 heteroatoms. The van der Waals surface area contributed by atoms with Crippen molar-refractivity contribution in [3.05, 3.63) is 71.4 Å². The lowest BCUT2D eigenvalue weighted by Gasteiger charge is -2.08. The summed E-state index contributed by atoms with van der Waals surface area (Å²) in [4.78, 5) is 4.64. The van der Waals surface area contributed by atoms with Crippen LogP contribution in [-0.2, 0) is 0 Å². The maximum absolute atomic E-state index is 14.4. The van der Waals surface area contributed by atoms with Gasteiger partial charge in [-0.15, -0.1) is 0 Å². The van der Waals surface area contributed by atoms with Crippen molar-refractivity contribution < 1.29 is 11.8 Å². The third-order valence-corrected chi connectivity index (χ3v) is 4.77. The first-order valence-electron chi connectivity index (χ1n) is 8.16. The van der Waals surface area contributed by atoms with Gasteiger partial charge in [0.05, 0.1) is 28.6 Å². The molecule has 0 N–H and O–H groups in total. The number of halogens is 3. The molecule has 4 aromatic rings. The first-order chi connectivity index (χ1) is 13.5. The Kier molecular flexibility index (Phi) is 4.68. The van der Waals surface area contributed by atoms with Crippen LogP contribution in [0.25, 0.3) is 28.0 Å². The van der Waals surface area contributed by atoms with Crippen LogP contribution in [0.15, 0.2) is 48.5 Å². The monoisotopic (exact) mass is 488 g/mol. The molecular formula is C20H11F2IN4O. The molecule has 0 saturated carbocycles. The summed E-state index contributed by atoms with van der Waals surface area (Å²) in [5.41, 5.74) is 3.46. The summed E-state index contributed by atoms with van der Waals surface area (Å²) in [7, 11) is 0. The Balaban J connectivity index is 1.99. The first-order valence-corrected chi connectivity index (χ1v) is 9.05. The minimum Gasteiger partial charge on any atom is -0.408 e. The van der Waals surface area contributed by atoms with E-state index >= 15 is 0 Å². The molecule has 2 aromatic carbocycles. The lowest BCUT2D eigenvalue weighted by atomic mass is 10.0. The van der Waals surface area contributed by atoms with Crippen LogP contribution in [0.1, 0.15) is 11.3 Å². The summed E-state index contributed by atoms with van der Waals surface area (Å²) >= 11 is 1.74. The summed E-state index contributed by atoms with van der Waals surface area (Å²) < 4.78 is 34.7. The number of nitrogens with zero attached hydrogens (tertiary/aromatic N) is 4. The minimum absolute atomic E-state index is 0.206. The maximum Gasteiger partial charge on any atom is 0.229 e. The highest BCUT2D eigenvalue weighted by Gasteiger charge is 2.20. The van der Waals surface area contributed by atoms with E-state index in [0.717, 1.165) is 11.6 Å². The van der Waals surface area contributed by atoms with Crippen molar-refractivity contribution in [1.82, 2.24) is 14.6 Å². The molecule has 0 bridgehead atoms. The molecule has 0 spiro atoms. The van der Waals surface area contributed by atoms with Crippen LogP contribution in [0, 0.1) is 29.9 Å². The third-order valence-electron chi connectivity index (χ3n) is 4.32. The highest BCUT2D eigenvalue weighted by Crippen LogP contribution is 2.34. The summed E-state index contributed by atoms with van der Waals surface area (Å²) in [6, 6.07) is 14.1. The van der Waals surface area contributed by atoms with Gasteiger partial charge in [0.1, 0.15) is 11.6 Å². The molecule has 138 valence electrons. The van der Waals surface area contributed by atoms with Gasteiger partial charge in [0.25, 0.3) is 0 Å². The van der Waals surface area contributed by atoms with Crippen LogP contribution in [0.2, 0.25) is 0 Å². The summed E-state index contributed by atoms with van der Waals surface area (Å²) in [5, 5.41) is 13.4. The molecule has 0 saturated heterocycles. The second-order valence-corrected chi connectivity index (χ2v) is 6.51. The number of rotatable bonds is 3. The minimum atomic E-state index is -0.694. The van der Waals surface area contributed by atoms with Crippen molar-refractivity contribution in [3.8, 4) is 34.3 Å². The van der Waals surface area contributed by atoms with E-state index in [-0.39, 0.29) is 5.56 Å². The number of aromatic nitrogens is 3. The van der Waals surface area contributed by atoms with E-state index in [1.54, 1.807) is 60.3 Å². The third kappa shape index (κ3) is 3.07. The Morgan fingerprint density at radius 2 is 1.86 bits per heavy atom. The van der Waals surface area contributed by atoms with Gasteiger partial charge in [-0.2, -0.15) is 14.9 Å². The molecule has 5 nitrogen and oxygen atoms in total. The Morgan fingerprint density at radius 3 is 2.50 bits per heavy atom. The Morgan fingerprint density at radius 1 is 1.11 bits per heavy atom. The quantitative estimate of drug-likeness (QED) is 0.370. The molecule has 2 aromatic heterocycles. The molecule has 0 unspecified atom stereocenters. The molecule has 0 aliphatic carbocycles. The van der Waals surface area contributed by atoms with Crippen molar-refractivity contribution >= 4 is 28.7 Å². The number of aryl methyl sites for hydroxylation is 1. The molecule has 28 heavy (non-hydrogen) atoms. The molecule has 2 heterocycles. The molecule has 4 rings (SSSR count). The largest absolute Gasteiger partial charge is 0.408 e. The predicted octanol–water partition coefficient (Wildman–Crippen LogP) is 5.25. The van der Waals surface area contributed by atoms with E-state index in [1.165, 1.54) is 16.6 Å². The Hall–Kier alpha value is -3.06. The van der Waals surface area contributed by atoms with Crippen LogP contribution in [-0.4, -0.2) is 14.6 Å².